The van der Waals surface area contributed by atoms with Crippen molar-refractivity contribution >= 4 is 11.6 Å². The molecule has 3 nitrogen and oxygen atoms in total. The van der Waals surface area contributed by atoms with Crippen LogP contribution in [0, 0.1) is 5.92 Å². The van der Waals surface area contributed by atoms with Crippen LogP contribution in [-0.2, 0) is 0 Å². The van der Waals surface area contributed by atoms with E-state index in [-0.39, 0.29) is 6.04 Å². The van der Waals surface area contributed by atoms with Gasteiger partial charge in [0.05, 0.1) is 14.2 Å². The molecule has 1 aromatic rings. The number of halogens is 1. The molecule has 0 aliphatic rings. The lowest BCUT2D eigenvalue weighted by molar-refractivity contribution is 0.337. The van der Waals surface area contributed by atoms with E-state index in [1.54, 1.807) is 14.2 Å². The molecule has 19 heavy (non-hydrogen) atoms. The predicted octanol–water partition coefficient (Wildman–Crippen LogP) is 4.05. The average molecular weight is 286 g/mol. The van der Waals surface area contributed by atoms with Gasteiger partial charge in [0.25, 0.3) is 0 Å². The van der Waals surface area contributed by atoms with Crippen molar-refractivity contribution < 1.29 is 9.47 Å². The fourth-order valence-electron chi connectivity index (χ4n) is 2.57. The minimum absolute atomic E-state index is 0.230. The fraction of sp³-hybridized carbons (Fsp3) is 0.600. The van der Waals surface area contributed by atoms with Crippen LogP contribution in [0.25, 0.3) is 0 Å². The first kappa shape index (κ1) is 16.1. The fourth-order valence-corrected chi connectivity index (χ4v) is 2.89. The van der Waals surface area contributed by atoms with E-state index in [1.165, 1.54) is 0 Å². The lowest BCUT2D eigenvalue weighted by Crippen LogP contribution is -2.25. The monoisotopic (exact) mass is 285 g/mol. The van der Waals surface area contributed by atoms with Crippen LogP contribution in [0.3, 0.4) is 0 Å². The Morgan fingerprint density at radius 1 is 1.16 bits per heavy atom. The van der Waals surface area contributed by atoms with E-state index >= 15 is 0 Å². The van der Waals surface area contributed by atoms with E-state index in [0.29, 0.717) is 22.4 Å². The van der Waals surface area contributed by atoms with Gasteiger partial charge in [-0.25, -0.2) is 0 Å². The number of hydrogen-bond donors (Lipinski definition) is 1. The van der Waals surface area contributed by atoms with Gasteiger partial charge >= 0.3 is 0 Å². The van der Waals surface area contributed by atoms with Gasteiger partial charge in [0, 0.05) is 11.6 Å². The Hall–Kier alpha value is -0.930. The third kappa shape index (κ3) is 3.34. The molecule has 0 radical (unpaired) electrons. The number of methoxy groups -OCH3 is 2. The Morgan fingerprint density at radius 2 is 1.79 bits per heavy atom. The van der Waals surface area contributed by atoms with Crippen molar-refractivity contribution in [3.05, 3.63) is 22.7 Å². The Balaban J connectivity index is 3.27. The highest BCUT2D eigenvalue weighted by Gasteiger charge is 2.24. The number of rotatable bonds is 7. The van der Waals surface area contributed by atoms with E-state index < -0.39 is 0 Å². The molecule has 0 spiro atoms. The molecule has 1 N–H and O–H groups in total. The van der Waals surface area contributed by atoms with E-state index in [0.717, 1.165) is 18.4 Å². The van der Waals surface area contributed by atoms with E-state index in [4.69, 9.17) is 21.1 Å². The van der Waals surface area contributed by atoms with Gasteiger partial charge in [-0.1, -0.05) is 38.3 Å². The summed E-state index contributed by atoms with van der Waals surface area (Å²) in [6.07, 6.45) is 2.21. The van der Waals surface area contributed by atoms with Crippen molar-refractivity contribution in [3.63, 3.8) is 0 Å². The second-order valence-corrected chi connectivity index (χ2v) is 4.93. The van der Waals surface area contributed by atoms with Gasteiger partial charge < -0.3 is 14.8 Å². The van der Waals surface area contributed by atoms with Gasteiger partial charge in [0.2, 0.25) is 0 Å². The summed E-state index contributed by atoms with van der Waals surface area (Å²) in [6.45, 7) is 4.41. The summed E-state index contributed by atoms with van der Waals surface area (Å²) in [4.78, 5) is 0. The molecule has 0 aliphatic carbocycles. The first-order chi connectivity index (χ1) is 9.14. The highest BCUT2D eigenvalue weighted by molar-refractivity contribution is 6.33. The highest BCUT2D eigenvalue weighted by atomic mass is 35.5. The van der Waals surface area contributed by atoms with Crippen molar-refractivity contribution in [3.8, 4) is 11.5 Å². The van der Waals surface area contributed by atoms with Gasteiger partial charge in [-0.3, -0.25) is 0 Å². The molecule has 0 amide bonds. The minimum Gasteiger partial charge on any atom is -0.495 e. The molecule has 0 saturated carbocycles. The Kier molecular flexibility index (Phi) is 6.46. The summed E-state index contributed by atoms with van der Waals surface area (Å²) in [7, 11) is 5.22. The molecule has 4 heteroatoms. The molecule has 0 aliphatic heterocycles. The molecule has 0 fully saturated rings. The van der Waals surface area contributed by atoms with E-state index in [2.05, 4.69) is 19.2 Å². The Labute approximate surface area is 121 Å². The molecule has 1 atom stereocenters. The van der Waals surface area contributed by atoms with E-state index in [9.17, 15) is 0 Å². The maximum absolute atomic E-state index is 6.33. The topological polar surface area (TPSA) is 30.5 Å². The van der Waals surface area contributed by atoms with Gasteiger partial charge in [0.1, 0.15) is 16.5 Å². The van der Waals surface area contributed by atoms with Crippen LogP contribution >= 0.6 is 11.6 Å². The van der Waals surface area contributed by atoms with Gasteiger partial charge in [-0.2, -0.15) is 0 Å². The molecule has 1 aromatic carbocycles. The first-order valence-electron chi connectivity index (χ1n) is 6.72. The number of nitrogens with one attached hydrogen (secondary N) is 1. The summed E-state index contributed by atoms with van der Waals surface area (Å²) < 4.78 is 10.7. The van der Waals surface area contributed by atoms with Crippen LogP contribution in [0.4, 0.5) is 0 Å². The molecule has 1 unspecified atom stereocenters. The number of hydrogen-bond acceptors (Lipinski definition) is 3. The third-order valence-corrected chi connectivity index (χ3v) is 4.04. The SMILES string of the molecule is CCC(CC)C(NC)c1ccc(OC)c(Cl)c1OC. The molecular formula is C15H24ClNO2. The van der Waals surface area contributed by atoms with Gasteiger partial charge in [-0.15, -0.1) is 0 Å². The largest absolute Gasteiger partial charge is 0.495 e. The maximum Gasteiger partial charge on any atom is 0.146 e. The molecule has 1 rings (SSSR count). The maximum atomic E-state index is 6.33. The Morgan fingerprint density at radius 3 is 2.21 bits per heavy atom. The molecule has 0 heterocycles. The summed E-state index contributed by atoms with van der Waals surface area (Å²) in [6, 6.07) is 4.16. The smallest absolute Gasteiger partial charge is 0.146 e. The zero-order chi connectivity index (χ0) is 14.4. The van der Waals surface area contributed by atoms with Crippen molar-refractivity contribution in [2.45, 2.75) is 32.7 Å². The third-order valence-electron chi connectivity index (χ3n) is 3.68. The van der Waals surface area contributed by atoms with Gasteiger partial charge in [-0.05, 0) is 25.1 Å². The van der Waals surface area contributed by atoms with Crippen molar-refractivity contribution in [2.24, 2.45) is 5.92 Å². The van der Waals surface area contributed by atoms with Crippen molar-refractivity contribution in [1.29, 1.82) is 0 Å². The van der Waals surface area contributed by atoms with Crippen molar-refractivity contribution in [1.82, 2.24) is 5.32 Å². The highest BCUT2D eigenvalue weighted by Crippen LogP contribution is 2.42. The normalized spacial score (nSPS) is 12.6. The minimum atomic E-state index is 0.230. The molecule has 0 bridgehead atoms. The first-order valence-corrected chi connectivity index (χ1v) is 7.09. The summed E-state index contributed by atoms with van der Waals surface area (Å²) in [5, 5.41) is 3.92. The van der Waals surface area contributed by atoms with Crippen LogP contribution in [0.2, 0.25) is 5.02 Å². The standard InChI is InChI=1S/C15H24ClNO2/c1-6-10(7-2)14(17-3)11-8-9-12(18-4)13(16)15(11)19-5/h8-10,14,17H,6-7H2,1-5H3. The molecule has 0 aromatic heterocycles. The molecule has 0 saturated heterocycles. The second-order valence-electron chi connectivity index (χ2n) is 4.55. The number of benzene rings is 1. The van der Waals surface area contributed by atoms with Crippen LogP contribution in [-0.4, -0.2) is 21.3 Å². The summed E-state index contributed by atoms with van der Waals surface area (Å²) in [5.74, 6) is 1.89. The summed E-state index contributed by atoms with van der Waals surface area (Å²) >= 11 is 6.33. The average Bonchev–Trinajstić information content (AvgIpc) is 2.44. The zero-order valence-electron chi connectivity index (χ0n) is 12.4. The predicted molar refractivity (Wildman–Crippen MR) is 80.4 cm³/mol. The second kappa shape index (κ2) is 7.61. The molecule has 108 valence electrons. The Bertz CT molecular complexity index is 405. The van der Waals surface area contributed by atoms with Crippen LogP contribution < -0.4 is 14.8 Å². The van der Waals surface area contributed by atoms with Crippen LogP contribution in [0.15, 0.2) is 12.1 Å². The lowest BCUT2D eigenvalue weighted by atomic mass is 9.88. The van der Waals surface area contributed by atoms with Gasteiger partial charge in [0.15, 0.2) is 0 Å². The summed E-state index contributed by atoms with van der Waals surface area (Å²) in [5.41, 5.74) is 1.09. The van der Waals surface area contributed by atoms with Crippen LogP contribution in [0.1, 0.15) is 38.3 Å². The number of ether oxygens (including phenoxy) is 2. The van der Waals surface area contributed by atoms with Crippen LogP contribution in [0.5, 0.6) is 11.5 Å². The zero-order valence-corrected chi connectivity index (χ0v) is 13.2. The van der Waals surface area contributed by atoms with E-state index in [1.807, 2.05) is 19.2 Å². The molecular weight excluding hydrogens is 262 g/mol. The van der Waals surface area contributed by atoms with Crippen molar-refractivity contribution in [2.75, 3.05) is 21.3 Å². The lowest BCUT2D eigenvalue weighted by Gasteiger charge is -2.27. The quantitative estimate of drug-likeness (QED) is 0.820.